The maximum atomic E-state index is 10.8. The van der Waals surface area contributed by atoms with Gasteiger partial charge in [-0.25, -0.2) is 4.98 Å². The summed E-state index contributed by atoms with van der Waals surface area (Å²) in [6, 6.07) is 7.94. The van der Waals surface area contributed by atoms with E-state index in [1.54, 1.807) is 0 Å². The standard InChI is InChI=1S/C19H27N3O2/c1-4-18-20-15(3)17(21-18)11-22-9-8-19(23,12-22)13-24-16-7-5-6-14(2)10-16/h5-7,10,23H,4,8-9,11-13H2,1-3H3,(H,20,21)/t19-/m0/s1. The lowest BCUT2D eigenvalue weighted by Crippen LogP contribution is -2.39. The number of aryl methyl sites for hydroxylation is 3. The van der Waals surface area contributed by atoms with Crippen LogP contribution in [0.1, 0.15) is 36.1 Å². The van der Waals surface area contributed by atoms with Gasteiger partial charge in [0.1, 0.15) is 23.8 Å². The van der Waals surface area contributed by atoms with Gasteiger partial charge in [-0.15, -0.1) is 0 Å². The third kappa shape index (κ3) is 3.97. The number of ether oxygens (including phenoxy) is 1. The smallest absolute Gasteiger partial charge is 0.119 e. The number of hydrogen-bond donors (Lipinski definition) is 2. The number of aromatic amines is 1. The minimum Gasteiger partial charge on any atom is -0.491 e. The molecule has 1 aromatic carbocycles. The van der Waals surface area contributed by atoms with Crippen molar-refractivity contribution in [1.29, 1.82) is 0 Å². The van der Waals surface area contributed by atoms with E-state index in [4.69, 9.17) is 4.74 Å². The van der Waals surface area contributed by atoms with Crippen molar-refractivity contribution in [2.45, 2.75) is 45.8 Å². The van der Waals surface area contributed by atoms with Gasteiger partial charge in [-0.05, 0) is 38.0 Å². The van der Waals surface area contributed by atoms with Gasteiger partial charge in [0.25, 0.3) is 0 Å². The Bertz CT molecular complexity index is 698. The molecule has 1 aliphatic rings. The van der Waals surface area contributed by atoms with Crippen molar-refractivity contribution in [2.75, 3.05) is 19.7 Å². The zero-order valence-electron chi connectivity index (χ0n) is 14.8. The highest BCUT2D eigenvalue weighted by atomic mass is 16.5. The van der Waals surface area contributed by atoms with Gasteiger partial charge in [0.2, 0.25) is 0 Å². The predicted octanol–water partition coefficient (Wildman–Crippen LogP) is 2.60. The fourth-order valence-corrected chi connectivity index (χ4v) is 3.21. The minimum atomic E-state index is -0.790. The van der Waals surface area contributed by atoms with E-state index in [9.17, 15) is 5.11 Å². The zero-order valence-corrected chi connectivity index (χ0v) is 14.8. The van der Waals surface area contributed by atoms with Crippen molar-refractivity contribution in [2.24, 2.45) is 0 Å². The average molecular weight is 329 g/mol. The Morgan fingerprint density at radius 3 is 2.92 bits per heavy atom. The number of nitrogens with one attached hydrogen (secondary N) is 1. The van der Waals surface area contributed by atoms with Gasteiger partial charge in [-0.2, -0.15) is 0 Å². The molecule has 24 heavy (non-hydrogen) atoms. The minimum absolute atomic E-state index is 0.326. The van der Waals surface area contributed by atoms with Gasteiger partial charge in [-0.1, -0.05) is 19.1 Å². The molecule has 1 saturated heterocycles. The van der Waals surface area contributed by atoms with Crippen LogP contribution in [0.15, 0.2) is 24.3 Å². The van der Waals surface area contributed by atoms with Crippen LogP contribution < -0.4 is 4.74 Å². The molecule has 5 heteroatoms. The van der Waals surface area contributed by atoms with Crippen LogP contribution in [0.5, 0.6) is 5.75 Å². The second-order valence-corrected chi connectivity index (χ2v) is 6.90. The Kier molecular flexibility index (Phi) is 4.92. The van der Waals surface area contributed by atoms with Gasteiger partial charge in [0.15, 0.2) is 0 Å². The molecule has 2 heterocycles. The number of H-pyrrole nitrogens is 1. The molecule has 2 N–H and O–H groups in total. The lowest BCUT2D eigenvalue weighted by Gasteiger charge is -2.23. The van der Waals surface area contributed by atoms with Gasteiger partial charge in [0, 0.05) is 31.7 Å². The summed E-state index contributed by atoms with van der Waals surface area (Å²) in [7, 11) is 0. The topological polar surface area (TPSA) is 61.4 Å². The van der Waals surface area contributed by atoms with E-state index in [0.717, 1.165) is 54.5 Å². The van der Waals surface area contributed by atoms with Crippen LogP contribution in [0, 0.1) is 13.8 Å². The van der Waals surface area contributed by atoms with Crippen molar-refractivity contribution in [1.82, 2.24) is 14.9 Å². The third-order valence-electron chi connectivity index (χ3n) is 4.65. The maximum Gasteiger partial charge on any atom is 0.119 e. The normalized spacial score (nSPS) is 21.3. The monoisotopic (exact) mass is 329 g/mol. The first-order valence-electron chi connectivity index (χ1n) is 8.66. The molecular weight excluding hydrogens is 302 g/mol. The number of hydrogen-bond acceptors (Lipinski definition) is 4. The second kappa shape index (κ2) is 6.95. The number of nitrogens with zero attached hydrogens (tertiary/aromatic N) is 2. The molecule has 0 aliphatic carbocycles. The maximum absolute atomic E-state index is 10.8. The van der Waals surface area contributed by atoms with E-state index in [0.29, 0.717) is 13.2 Å². The Labute approximate surface area is 143 Å². The number of aromatic nitrogens is 2. The number of likely N-dealkylation sites (tertiary alicyclic amines) is 1. The molecule has 0 spiro atoms. The van der Waals surface area contributed by atoms with E-state index in [2.05, 4.69) is 28.7 Å². The van der Waals surface area contributed by atoms with Gasteiger partial charge in [-0.3, -0.25) is 4.90 Å². The van der Waals surface area contributed by atoms with Crippen molar-refractivity contribution in [3.8, 4) is 5.75 Å². The van der Waals surface area contributed by atoms with E-state index in [1.165, 1.54) is 0 Å². The second-order valence-electron chi connectivity index (χ2n) is 6.90. The Hall–Kier alpha value is -1.85. The molecule has 1 fully saturated rings. The first-order chi connectivity index (χ1) is 11.5. The molecule has 0 saturated carbocycles. The molecular formula is C19H27N3O2. The van der Waals surface area contributed by atoms with Gasteiger partial charge < -0.3 is 14.8 Å². The fraction of sp³-hybridized carbons (Fsp3) is 0.526. The van der Waals surface area contributed by atoms with Crippen LogP contribution in [-0.2, 0) is 13.0 Å². The highest BCUT2D eigenvalue weighted by Gasteiger charge is 2.37. The number of β-amino-alcohol motifs (C(OH)–C–C–N with tert-alkyl or cyclic N) is 1. The van der Waals surface area contributed by atoms with E-state index in [-0.39, 0.29) is 0 Å². The molecule has 1 atom stereocenters. The summed E-state index contributed by atoms with van der Waals surface area (Å²) in [5.74, 6) is 1.84. The summed E-state index contributed by atoms with van der Waals surface area (Å²) in [5.41, 5.74) is 2.57. The quantitative estimate of drug-likeness (QED) is 0.855. The molecule has 0 amide bonds. The molecule has 2 aromatic rings. The fourth-order valence-electron chi connectivity index (χ4n) is 3.21. The molecule has 5 nitrogen and oxygen atoms in total. The van der Waals surface area contributed by atoms with Gasteiger partial charge in [0.05, 0.1) is 5.69 Å². The van der Waals surface area contributed by atoms with Gasteiger partial charge >= 0.3 is 0 Å². The largest absolute Gasteiger partial charge is 0.491 e. The summed E-state index contributed by atoms with van der Waals surface area (Å²) < 4.78 is 5.82. The average Bonchev–Trinajstić information content (AvgIpc) is 3.10. The van der Waals surface area contributed by atoms with Crippen LogP contribution in [0.3, 0.4) is 0 Å². The van der Waals surface area contributed by atoms with E-state index >= 15 is 0 Å². The zero-order chi connectivity index (χ0) is 17.2. The van der Waals surface area contributed by atoms with Crippen LogP contribution in [0.2, 0.25) is 0 Å². The van der Waals surface area contributed by atoms with Crippen molar-refractivity contribution in [3.05, 3.63) is 47.0 Å². The summed E-state index contributed by atoms with van der Waals surface area (Å²) in [6.07, 6.45) is 1.64. The van der Waals surface area contributed by atoms with E-state index < -0.39 is 5.60 Å². The lowest BCUT2D eigenvalue weighted by molar-refractivity contribution is 0.00328. The van der Waals surface area contributed by atoms with Crippen molar-refractivity contribution < 1.29 is 9.84 Å². The molecule has 1 aromatic heterocycles. The molecule has 130 valence electrons. The van der Waals surface area contributed by atoms with Crippen LogP contribution in [0.25, 0.3) is 0 Å². The highest BCUT2D eigenvalue weighted by Crippen LogP contribution is 2.25. The Morgan fingerprint density at radius 2 is 2.21 bits per heavy atom. The first-order valence-corrected chi connectivity index (χ1v) is 8.66. The van der Waals surface area contributed by atoms with E-state index in [1.807, 2.05) is 31.2 Å². The molecule has 0 radical (unpaired) electrons. The van der Waals surface area contributed by atoms with Crippen LogP contribution in [-0.4, -0.2) is 45.3 Å². The summed E-state index contributed by atoms with van der Waals surface area (Å²) >= 11 is 0. The van der Waals surface area contributed by atoms with Crippen LogP contribution in [0.4, 0.5) is 0 Å². The third-order valence-corrected chi connectivity index (χ3v) is 4.65. The Morgan fingerprint density at radius 1 is 1.38 bits per heavy atom. The van der Waals surface area contributed by atoms with Crippen molar-refractivity contribution in [3.63, 3.8) is 0 Å². The number of rotatable bonds is 6. The number of imidazole rings is 1. The summed E-state index contributed by atoms with van der Waals surface area (Å²) in [6.45, 7) is 8.77. The Balaban J connectivity index is 1.56. The summed E-state index contributed by atoms with van der Waals surface area (Å²) in [4.78, 5) is 10.2. The molecule has 3 rings (SSSR count). The van der Waals surface area contributed by atoms with Crippen LogP contribution >= 0.6 is 0 Å². The summed E-state index contributed by atoms with van der Waals surface area (Å²) in [5, 5.41) is 10.8. The molecule has 0 unspecified atom stereocenters. The number of aliphatic hydroxyl groups is 1. The molecule has 0 bridgehead atoms. The van der Waals surface area contributed by atoms with Crippen molar-refractivity contribution >= 4 is 0 Å². The lowest BCUT2D eigenvalue weighted by atomic mass is 10.1. The SMILES string of the molecule is CCc1nc(CN2CC[C@@](O)(COc3cccc(C)c3)C2)c(C)[nH]1. The molecule has 1 aliphatic heterocycles. The number of benzene rings is 1. The predicted molar refractivity (Wildman–Crippen MR) is 94.2 cm³/mol. The first kappa shape index (κ1) is 17.0. The highest BCUT2D eigenvalue weighted by molar-refractivity contribution is 5.27.